The Balaban J connectivity index is 0.000000186. The molecule has 0 aliphatic heterocycles. The Bertz CT molecular complexity index is 1510. The second kappa shape index (κ2) is 10.6. The van der Waals surface area contributed by atoms with Gasteiger partial charge in [0, 0.05) is 28.9 Å². The van der Waals surface area contributed by atoms with E-state index in [4.69, 9.17) is 0 Å². The third-order valence-corrected chi connectivity index (χ3v) is 7.00. The number of aromatic nitrogens is 1. The van der Waals surface area contributed by atoms with Gasteiger partial charge in [0.1, 0.15) is 0 Å². The topological polar surface area (TPSA) is 4.93 Å². The van der Waals surface area contributed by atoms with Gasteiger partial charge in [-0.25, -0.2) is 0 Å². The van der Waals surface area contributed by atoms with Gasteiger partial charge in [0.05, 0.1) is 0 Å². The molecule has 5 aromatic rings. The zero-order valence-electron chi connectivity index (χ0n) is 21.4. The second-order valence-corrected chi connectivity index (χ2v) is 9.16. The molecular weight excluding hydrogens is 422 g/mol. The Hall–Kier alpha value is -3.84. The molecule has 4 aromatic carbocycles. The van der Waals surface area contributed by atoms with E-state index in [1.54, 1.807) is 0 Å². The molecule has 1 aromatic heterocycles. The molecule has 176 valence electrons. The largest absolute Gasteiger partial charge is 0.344 e. The van der Waals surface area contributed by atoms with Crippen LogP contribution >= 0.6 is 0 Å². The van der Waals surface area contributed by atoms with Crippen molar-refractivity contribution in [3.63, 3.8) is 0 Å². The van der Waals surface area contributed by atoms with E-state index in [0.717, 1.165) is 0 Å². The number of para-hydroxylation sites is 1. The van der Waals surface area contributed by atoms with Gasteiger partial charge < -0.3 is 4.57 Å². The maximum atomic E-state index is 3.00. The summed E-state index contributed by atoms with van der Waals surface area (Å²) in [5, 5.41) is 2.67. The molecule has 0 fully saturated rings. The minimum atomic E-state index is 1.21. The Labute approximate surface area is 210 Å². The number of benzene rings is 4. The van der Waals surface area contributed by atoms with Crippen LogP contribution in [0.1, 0.15) is 34.2 Å². The lowest BCUT2D eigenvalue weighted by Gasteiger charge is -2.12. The van der Waals surface area contributed by atoms with E-state index in [2.05, 4.69) is 137 Å². The maximum absolute atomic E-state index is 3.00. The summed E-state index contributed by atoms with van der Waals surface area (Å²) in [7, 11) is 2.15. The first-order chi connectivity index (χ1) is 17.0. The molecule has 1 aliphatic carbocycles. The van der Waals surface area contributed by atoms with E-state index in [0.29, 0.717) is 0 Å². The Morgan fingerprint density at radius 2 is 1.37 bits per heavy atom. The third-order valence-electron chi connectivity index (χ3n) is 7.00. The molecule has 0 saturated heterocycles. The van der Waals surface area contributed by atoms with Crippen molar-refractivity contribution in [3.8, 4) is 11.1 Å². The highest BCUT2D eigenvalue weighted by molar-refractivity contribution is 6.09. The molecule has 0 spiro atoms. The SMILES string of the molecule is C=C.Cc1cccc2c1CCC=C2.Cc1ccccc1-c1cc2c(cc1C)c1ccccc1n2C. The molecule has 1 heterocycles. The summed E-state index contributed by atoms with van der Waals surface area (Å²) < 4.78 is 2.30. The van der Waals surface area contributed by atoms with Crippen LogP contribution in [0.15, 0.2) is 98.1 Å². The molecule has 35 heavy (non-hydrogen) atoms. The zero-order valence-corrected chi connectivity index (χ0v) is 21.4. The van der Waals surface area contributed by atoms with Crippen LogP contribution in [0, 0.1) is 20.8 Å². The van der Waals surface area contributed by atoms with E-state index >= 15 is 0 Å². The summed E-state index contributed by atoms with van der Waals surface area (Å²) in [6.07, 6.45) is 6.91. The third kappa shape index (κ3) is 4.72. The average molecular weight is 458 g/mol. The maximum Gasteiger partial charge on any atom is 0.0495 e. The summed E-state index contributed by atoms with van der Waals surface area (Å²) >= 11 is 0. The van der Waals surface area contributed by atoms with Crippen molar-refractivity contribution < 1.29 is 0 Å². The minimum absolute atomic E-state index is 1.21. The number of fused-ring (bicyclic) bond motifs is 4. The average Bonchev–Trinajstić information content (AvgIpc) is 3.17. The van der Waals surface area contributed by atoms with Gasteiger partial charge in [-0.3, -0.25) is 0 Å². The van der Waals surface area contributed by atoms with Gasteiger partial charge in [-0.05, 0) is 90.8 Å². The zero-order chi connectivity index (χ0) is 24.9. The van der Waals surface area contributed by atoms with Gasteiger partial charge in [-0.2, -0.15) is 0 Å². The number of hydrogen-bond donors (Lipinski definition) is 0. The molecule has 0 unspecified atom stereocenters. The standard InChI is InChI=1S/C21H19N.C11H12.C2H4/c1-14-8-4-5-9-16(14)18-13-21-19(12-15(18)2)17-10-6-7-11-20(17)22(21)3;1-9-5-4-7-10-6-2-3-8-11(9)10;1-2/h4-13H,1-3H3;2,4-7H,3,8H2,1H3;1-2H2. The van der Waals surface area contributed by atoms with E-state index < -0.39 is 0 Å². The van der Waals surface area contributed by atoms with Gasteiger partial charge in [0.15, 0.2) is 0 Å². The smallest absolute Gasteiger partial charge is 0.0495 e. The predicted octanol–water partition coefficient (Wildman–Crippen LogP) is 9.37. The van der Waals surface area contributed by atoms with Crippen molar-refractivity contribution in [2.24, 2.45) is 7.05 Å². The van der Waals surface area contributed by atoms with Gasteiger partial charge in [0.2, 0.25) is 0 Å². The van der Waals surface area contributed by atoms with Crippen molar-refractivity contribution in [1.29, 1.82) is 0 Å². The molecule has 6 rings (SSSR count). The van der Waals surface area contributed by atoms with Gasteiger partial charge in [-0.15, -0.1) is 13.2 Å². The lowest BCUT2D eigenvalue weighted by atomic mass is 9.94. The van der Waals surface area contributed by atoms with Crippen LogP contribution in [0.3, 0.4) is 0 Å². The van der Waals surface area contributed by atoms with Crippen LogP contribution in [0.25, 0.3) is 39.0 Å². The number of aryl methyl sites for hydroxylation is 4. The van der Waals surface area contributed by atoms with E-state index in [1.807, 2.05) is 0 Å². The highest BCUT2D eigenvalue weighted by Crippen LogP contribution is 2.35. The van der Waals surface area contributed by atoms with Crippen LogP contribution in [-0.4, -0.2) is 4.57 Å². The van der Waals surface area contributed by atoms with E-state index in [-0.39, 0.29) is 0 Å². The quantitative estimate of drug-likeness (QED) is 0.221. The fourth-order valence-electron chi connectivity index (χ4n) is 5.14. The van der Waals surface area contributed by atoms with Gasteiger partial charge >= 0.3 is 0 Å². The van der Waals surface area contributed by atoms with Crippen LogP contribution in [0.4, 0.5) is 0 Å². The summed E-state index contributed by atoms with van der Waals surface area (Å²) in [4.78, 5) is 0. The van der Waals surface area contributed by atoms with E-state index in [1.165, 1.54) is 73.6 Å². The number of hydrogen-bond acceptors (Lipinski definition) is 0. The van der Waals surface area contributed by atoms with Gasteiger partial charge in [-0.1, -0.05) is 72.8 Å². The normalized spacial score (nSPS) is 11.9. The summed E-state index contributed by atoms with van der Waals surface area (Å²) in [5.41, 5.74) is 12.3. The van der Waals surface area contributed by atoms with Crippen LogP contribution in [0.5, 0.6) is 0 Å². The van der Waals surface area contributed by atoms with Crippen molar-refractivity contribution in [2.45, 2.75) is 33.6 Å². The van der Waals surface area contributed by atoms with Gasteiger partial charge in [0.25, 0.3) is 0 Å². The first-order valence-corrected chi connectivity index (χ1v) is 12.3. The monoisotopic (exact) mass is 457 g/mol. The highest BCUT2D eigenvalue weighted by atomic mass is 14.9. The molecular formula is C34H35N. The Morgan fingerprint density at radius 1 is 0.657 bits per heavy atom. The molecule has 0 atom stereocenters. The van der Waals surface area contributed by atoms with Crippen molar-refractivity contribution in [1.82, 2.24) is 4.57 Å². The summed E-state index contributed by atoms with van der Waals surface area (Å²) in [6.45, 7) is 12.6. The first kappa shape index (κ1) is 24.3. The lowest BCUT2D eigenvalue weighted by molar-refractivity contribution is 0.971. The fraction of sp³-hybridized carbons (Fsp3) is 0.176. The lowest BCUT2D eigenvalue weighted by Crippen LogP contribution is -1.96. The van der Waals surface area contributed by atoms with Crippen molar-refractivity contribution in [2.75, 3.05) is 0 Å². The highest BCUT2D eigenvalue weighted by Gasteiger charge is 2.12. The molecule has 0 amide bonds. The van der Waals surface area contributed by atoms with Crippen molar-refractivity contribution >= 4 is 27.9 Å². The fourth-order valence-corrected chi connectivity index (χ4v) is 5.14. The summed E-state index contributed by atoms with van der Waals surface area (Å²) in [6, 6.07) is 28.4. The van der Waals surface area contributed by atoms with Crippen molar-refractivity contribution in [3.05, 3.63) is 126 Å². The number of rotatable bonds is 1. The van der Waals surface area contributed by atoms with Crippen LogP contribution in [0.2, 0.25) is 0 Å². The molecule has 0 radical (unpaired) electrons. The Morgan fingerprint density at radius 3 is 2.14 bits per heavy atom. The predicted molar refractivity (Wildman–Crippen MR) is 155 cm³/mol. The first-order valence-electron chi connectivity index (χ1n) is 12.3. The number of nitrogens with zero attached hydrogens (tertiary/aromatic N) is 1. The second-order valence-electron chi connectivity index (χ2n) is 9.16. The molecule has 0 bridgehead atoms. The van der Waals surface area contributed by atoms with E-state index in [9.17, 15) is 0 Å². The summed E-state index contributed by atoms with van der Waals surface area (Å²) in [5.74, 6) is 0. The minimum Gasteiger partial charge on any atom is -0.344 e. The Kier molecular flexibility index (Phi) is 7.36. The van der Waals surface area contributed by atoms with Crippen LogP contribution < -0.4 is 0 Å². The molecule has 0 saturated carbocycles. The molecule has 1 aliphatic rings. The molecule has 0 N–H and O–H groups in total. The van der Waals surface area contributed by atoms with Crippen LogP contribution in [-0.2, 0) is 13.5 Å². The molecule has 1 heteroatoms. The molecule has 1 nitrogen and oxygen atoms in total. The number of allylic oxidation sites excluding steroid dienone is 1.